The Labute approximate surface area is 121 Å². The summed E-state index contributed by atoms with van der Waals surface area (Å²) in [6, 6.07) is 6.11. The van der Waals surface area contributed by atoms with Crippen molar-refractivity contribution in [1.29, 1.82) is 0 Å². The van der Waals surface area contributed by atoms with E-state index in [1.807, 2.05) is 0 Å². The van der Waals surface area contributed by atoms with Gasteiger partial charge in [-0.1, -0.05) is 12.1 Å². The van der Waals surface area contributed by atoms with E-state index in [1.165, 1.54) is 12.1 Å². The first-order chi connectivity index (χ1) is 5.18. The molecule has 0 saturated carbocycles. The van der Waals surface area contributed by atoms with Crippen molar-refractivity contribution in [2.24, 2.45) is 0 Å². The number of hydrogen-bond acceptors (Lipinski definition) is 2. The second-order valence-corrected chi connectivity index (χ2v) is 2.24. The quantitative estimate of drug-likeness (QED) is 0.670. The van der Waals surface area contributed by atoms with Crippen molar-refractivity contribution in [2.75, 3.05) is 0 Å². The molecule has 1 rings (SSSR count). The Morgan fingerprint density at radius 3 is 2.00 bits per heavy atom. The van der Waals surface area contributed by atoms with Gasteiger partial charge < -0.3 is 10.2 Å². The van der Waals surface area contributed by atoms with E-state index in [0.717, 1.165) is 0 Å². The summed E-state index contributed by atoms with van der Waals surface area (Å²) < 4.78 is 0. The normalized spacial score (nSPS) is 8.00. The van der Waals surface area contributed by atoms with Crippen molar-refractivity contribution < 1.29 is 15.0 Å². The van der Waals surface area contributed by atoms with Gasteiger partial charge >= 0.3 is 5.97 Å². The number of aromatic hydroxyl groups is 1. The Morgan fingerprint density at radius 2 is 1.62 bits per heavy atom. The molecule has 0 spiro atoms. The van der Waals surface area contributed by atoms with E-state index in [1.54, 1.807) is 12.1 Å². The zero-order chi connectivity index (χ0) is 8.27. The third-order valence-corrected chi connectivity index (χ3v) is 1.29. The summed E-state index contributed by atoms with van der Waals surface area (Å²) in [5, 5.41) is 17.2. The number of carboxylic acids is 1. The Hall–Kier alpha value is 0.490. The number of rotatable bonds is 2. The second-order valence-electron chi connectivity index (χ2n) is 2.24. The molecule has 0 heterocycles. The van der Waals surface area contributed by atoms with Crippen molar-refractivity contribution in [2.45, 2.75) is 6.42 Å². The van der Waals surface area contributed by atoms with Crippen LogP contribution < -0.4 is 0 Å². The van der Waals surface area contributed by atoms with Gasteiger partial charge in [-0.15, -0.1) is 0 Å². The van der Waals surface area contributed by atoms with E-state index in [2.05, 4.69) is 0 Å². The van der Waals surface area contributed by atoms with Gasteiger partial charge in [0.25, 0.3) is 0 Å². The fourth-order valence-corrected chi connectivity index (χ4v) is 0.788. The molecule has 5 heteroatoms. The van der Waals surface area contributed by atoms with Gasteiger partial charge in [0.15, 0.2) is 0 Å². The zero-order valence-corrected chi connectivity index (χ0v) is 11.8. The molecule has 0 fully saturated rings. The predicted molar refractivity (Wildman–Crippen MR) is 51.0 cm³/mol. The third-order valence-electron chi connectivity index (χ3n) is 1.29. The van der Waals surface area contributed by atoms with Crippen LogP contribution in [0.2, 0.25) is 0 Å². The number of aliphatic carboxylic acids is 1. The molecular weight excluding hydrogens is 190 g/mol. The first-order valence-electron chi connectivity index (χ1n) is 3.18. The van der Waals surface area contributed by atoms with E-state index >= 15 is 0 Å². The molecule has 0 amide bonds. The second kappa shape index (κ2) is 7.85. The maximum Gasteiger partial charge on any atom is 0.307 e. The minimum atomic E-state index is -0.865. The molecule has 1 aromatic rings. The predicted octanol–water partition coefficient (Wildman–Crippen LogP) is 0.258. The summed E-state index contributed by atoms with van der Waals surface area (Å²) in [7, 11) is 0. The summed E-state index contributed by atoms with van der Waals surface area (Å²) in [6.07, 6.45) is 0.000278. The molecule has 0 aromatic heterocycles. The molecular formula is C8H8Na2O3. The Balaban J connectivity index is 0. The monoisotopic (exact) mass is 198 g/mol. The SMILES string of the molecule is O=C(O)Cc1ccc(O)cc1.[Na].[Na]. The summed E-state index contributed by atoms with van der Waals surface area (Å²) >= 11 is 0. The van der Waals surface area contributed by atoms with Crippen LogP contribution in [0.25, 0.3) is 0 Å². The number of benzene rings is 1. The number of carboxylic acid groups (broad SMARTS) is 1. The molecule has 0 aliphatic carbocycles. The van der Waals surface area contributed by atoms with Crippen LogP contribution in [0.15, 0.2) is 24.3 Å². The van der Waals surface area contributed by atoms with E-state index in [0.29, 0.717) is 5.56 Å². The van der Waals surface area contributed by atoms with Crippen LogP contribution >= 0.6 is 0 Å². The average molecular weight is 198 g/mol. The van der Waals surface area contributed by atoms with E-state index in [4.69, 9.17) is 10.2 Å². The van der Waals surface area contributed by atoms with Crippen molar-refractivity contribution in [3.05, 3.63) is 29.8 Å². The van der Waals surface area contributed by atoms with Gasteiger partial charge in [-0.25, -0.2) is 0 Å². The molecule has 2 radical (unpaired) electrons. The average Bonchev–Trinajstić information content (AvgIpc) is 1.93. The standard InChI is InChI=1S/C8H8O3.2Na/c9-7-3-1-6(2-4-7)5-8(10)11;;/h1-4,9H,5H2,(H,10,11);;. The molecule has 0 aliphatic rings. The Kier molecular flexibility index (Phi) is 9.63. The molecule has 2 N–H and O–H groups in total. The van der Waals surface area contributed by atoms with Crippen LogP contribution in [0, 0.1) is 0 Å². The minimum absolute atomic E-state index is 0. The molecule has 0 atom stereocenters. The Morgan fingerprint density at radius 1 is 1.15 bits per heavy atom. The summed E-state index contributed by atoms with van der Waals surface area (Å²) in [6.45, 7) is 0. The molecule has 0 saturated heterocycles. The largest absolute Gasteiger partial charge is 0.508 e. The van der Waals surface area contributed by atoms with Crippen LogP contribution in [0.4, 0.5) is 0 Å². The van der Waals surface area contributed by atoms with Gasteiger partial charge in [0.1, 0.15) is 5.75 Å². The van der Waals surface area contributed by atoms with Gasteiger partial charge in [0.2, 0.25) is 0 Å². The van der Waals surface area contributed by atoms with Gasteiger partial charge in [0, 0.05) is 59.1 Å². The van der Waals surface area contributed by atoms with Crippen molar-refractivity contribution in [3.63, 3.8) is 0 Å². The zero-order valence-electron chi connectivity index (χ0n) is 7.82. The smallest absolute Gasteiger partial charge is 0.307 e. The molecule has 60 valence electrons. The van der Waals surface area contributed by atoms with Crippen molar-refractivity contribution in [1.82, 2.24) is 0 Å². The van der Waals surface area contributed by atoms with Crippen LogP contribution in [0.3, 0.4) is 0 Å². The fraction of sp³-hybridized carbons (Fsp3) is 0.125. The molecule has 0 unspecified atom stereocenters. The van der Waals surface area contributed by atoms with Crippen molar-refractivity contribution >= 4 is 65.1 Å². The van der Waals surface area contributed by atoms with Gasteiger partial charge in [0.05, 0.1) is 6.42 Å². The summed E-state index contributed by atoms with van der Waals surface area (Å²) in [5.74, 6) is -0.713. The summed E-state index contributed by atoms with van der Waals surface area (Å²) in [5.41, 5.74) is 0.690. The van der Waals surface area contributed by atoms with Gasteiger partial charge in [-0.3, -0.25) is 4.79 Å². The number of hydrogen-bond donors (Lipinski definition) is 2. The van der Waals surface area contributed by atoms with Gasteiger partial charge in [-0.2, -0.15) is 0 Å². The number of phenolic OH excluding ortho intramolecular Hbond substituents is 1. The molecule has 13 heavy (non-hydrogen) atoms. The molecule has 0 aliphatic heterocycles. The molecule has 1 aromatic carbocycles. The minimum Gasteiger partial charge on any atom is -0.508 e. The van der Waals surface area contributed by atoms with Crippen LogP contribution in [-0.2, 0) is 11.2 Å². The third kappa shape index (κ3) is 6.55. The first-order valence-corrected chi connectivity index (χ1v) is 3.18. The van der Waals surface area contributed by atoms with E-state index in [9.17, 15) is 4.79 Å². The van der Waals surface area contributed by atoms with E-state index < -0.39 is 5.97 Å². The van der Waals surface area contributed by atoms with Crippen LogP contribution in [0.1, 0.15) is 5.56 Å². The maximum absolute atomic E-state index is 10.2. The maximum atomic E-state index is 10.2. The van der Waals surface area contributed by atoms with E-state index in [-0.39, 0.29) is 71.3 Å². The molecule has 3 nitrogen and oxygen atoms in total. The number of phenols is 1. The van der Waals surface area contributed by atoms with Gasteiger partial charge in [-0.05, 0) is 17.7 Å². The fourth-order valence-electron chi connectivity index (χ4n) is 0.788. The van der Waals surface area contributed by atoms with Crippen LogP contribution in [-0.4, -0.2) is 75.3 Å². The van der Waals surface area contributed by atoms with Crippen molar-refractivity contribution in [3.8, 4) is 5.75 Å². The summed E-state index contributed by atoms with van der Waals surface area (Å²) in [4.78, 5) is 10.2. The van der Waals surface area contributed by atoms with Crippen LogP contribution in [0.5, 0.6) is 5.75 Å². The topological polar surface area (TPSA) is 57.5 Å². The Bertz CT molecular complexity index is 259. The molecule has 0 bridgehead atoms. The first kappa shape index (κ1) is 15.9. The number of carbonyl (C=O) groups is 1.